The summed E-state index contributed by atoms with van der Waals surface area (Å²) in [5.41, 5.74) is 5.37. The lowest BCUT2D eigenvalue weighted by Gasteiger charge is -2.34. The molecule has 162 valence electrons. The van der Waals surface area contributed by atoms with Gasteiger partial charge in [-0.25, -0.2) is 0 Å². The minimum Gasteiger partial charge on any atom is -0.345 e. The van der Waals surface area contributed by atoms with E-state index in [1.807, 2.05) is 41.4 Å². The van der Waals surface area contributed by atoms with Crippen molar-refractivity contribution in [2.75, 3.05) is 27.2 Å². The van der Waals surface area contributed by atoms with Gasteiger partial charge in [0.25, 0.3) is 5.91 Å². The quantitative estimate of drug-likeness (QED) is 0.644. The van der Waals surface area contributed by atoms with Crippen LogP contribution in [0.3, 0.4) is 0 Å². The minimum absolute atomic E-state index is 0.00395. The van der Waals surface area contributed by atoms with E-state index in [0.717, 1.165) is 40.7 Å². The zero-order chi connectivity index (χ0) is 22.1. The first-order valence-electron chi connectivity index (χ1n) is 10.8. The molecule has 5 nitrogen and oxygen atoms in total. The van der Waals surface area contributed by atoms with Crippen molar-refractivity contribution in [1.82, 2.24) is 14.8 Å². The van der Waals surface area contributed by atoms with E-state index in [1.165, 1.54) is 5.57 Å². The number of hydrogen-bond acceptors (Lipinski definition) is 3. The van der Waals surface area contributed by atoms with Crippen LogP contribution in [0.1, 0.15) is 52.9 Å². The molecule has 2 amide bonds. The number of rotatable bonds is 4. The molecule has 1 aromatic carbocycles. The summed E-state index contributed by atoms with van der Waals surface area (Å²) in [4.78, 5) is 33.1. The van der Waals surface area contributed by atoms with Gasteiger partial charge in [-0.2, -0.15) is 0 Å². The average Bonchev–Trinajstić information content (AvgIpc) is 2.75. The summed E-state index contributed by atoms with van der Waals surface area (Å²) in [6, 6.07) is 9.70. The molecule has 2 aromatic rings. The van der Waals surface area contributed by atoms with E-state index < -0.39 is 0 Å². The zero-order valence-corrected chi connectivity index (χ0v) is 19.9. The van der Waals surface area contributed by atoms with E-state index in [-0.39, 0.29) is 17.7 Å². The maximum atomic E-state index is 13.0. The Hall–Kier alpha value is -2.47. The summed E-state index contributed by atoms with van der Waals surface area (Å²) >= 11 is 3.63. The molecule has 0 radical (unpaired) electrons. The Kier molecular flexibility index (Phi) is 6.28. The molecule has 1 saturated heterocycles. The molecule has 2 unspecified atom stereocenters. The van der Waals surface area contributed by atoms with Crippen LogP contribution in [0, 0.1) is 5.92 Å². The maximum Gasteiger partial charge on any atom is 0.253 e. The Labute approximate surface area is 192 Å². The lowest BCUT2D eigenvalue weighted by Crippen LogP contribution is -2.40. The molecular weight excluding hydrogens is 454 g/mol. The van der Waals surface area contributed by atoms with Crippen molar-refractivity contribution in [3.8, 4) is 0 Å². The fourth-order valence-corrected chi connectivity index (χ4v) is 4.92. The van der Waals surface area contributed by atoms with Crippen molar-refractivity contribution in [3.63, 3.8) is 0 Å². The molecule has 2 heterocycles. The van der Waals surface area contributed by atoms with E-state index in [2.05, 4.69) is 33.9 Å². The third-order valence-corrected chi connectivity index (χ3v) is 7.10. The Balaban J connectivity index is 1.43. The summed E-state index contributed by atoms with van der Waals surface area (Å²) in [7, 11) is 3.50. The topological polar surface area (TPSA) is 53.5 Å². The van der Waals surface area contributed by atoms with Crippen molar-refractivity contribution in [1.29, 1.82) is 0 Å². The number of pyridine rings is 1. The number of benzene rings is 1. The van der Waals surface area contributed by atoms with Crippen LogP contribution >= 0.6 is 15.9 Å². The van der Waals surface area contributed by atoms with Crippen molar-refractivity contribution in [3.05, 3.63) is 69.0 Å². The first kappa shape index (κ1) is 21.8. The molecule has 6 heteroatoms. The normalized spacial score (nSPS) is 20.8. The highest BCUT2D eigenvalue weighted by Crippen LogP contribution is 2.34. The number of aromatic nitrogens is 1. The number of carbonyl (C=O) groups excluding carboxylic acids is 2. The number of halogens is 1. The zero-order valence-electron chi connectivity index (χ0n) is 18.3. The number of nitrogens with zero attached hydrogens (tertiary/aromatic N) is 3. The van der Waals surface area contributed by atoms with E-state index in [1.54, 1.807) is 19.0 Å². The van der Waals surface area contributed by atoms with Crippen LogP contribution < -0.4 is 0 Å². The van der Waals surface area contributed by atoms with Gasteiger partial charge in [-0.05, 0) is 54.0 Å². The predicted octanol–water partition coefficient (Wildman–Crippen LogP) is 4.53. The number of carbonyl (C=O) groups is 2. The third-order valence-electron chi connectivity index (χ3n) is 6.41. The van der Waals surface area contributed by atoms with Crippen molar-refractivity contribution in [2.45, 2.75) is 32.1 Å². The summed E-state index contributed by atoms with van der Waals surface area (Å²) in [5.74, 6) is 0.787. The summed E-state index contributed by atoms with van der Waals surface area (Å²) < 4.78 is 1.06. The lowest BCUT2D eigenvalue weighted by molar-refractivity contribution is -0.133. The molecule has 4 rings (SSSR count). The Morgan fingerprint density at radius 3 is 2.61 bits per heavy atom. The monoisotopic (exact) mass is 481 g/mol. The van der Waals surface area contributed by atoms with Gasteiger partial charge in [-0.15, -0.1) is 0 Å². The SMILES string of the molecule is CC1Cc2nccc(Br)c2C=C1CN1CCC(c2ccc(C(=O)N(C)C)cc2)CC1=O. The summed E-state index contributed by atoms with van der Waals surface area (Å²) in [5, 5.41) is 0. The molecule has 0 spiro atoms. The van der Waals surface area contributed by atoms with Gasteiger partial charge >= 0.3 is 0 Å². The second kappa shape index (κ2) is 8.95. The van der Waals surface area contributed by atoms with Crippen LogP contribution in [-0.4, -0.2) is 53.8 Å². The molecule has 0 N–H and O–H groups in total. The van der Waals surface area contributed by atoms with Crippen LogP contribution in [0.5, 0.6) is 0 Å². The van der Waals surface area contributed by atoms with E-state index in [9.17, 15) is 9.59 Å². The van der Waals surface area contributed by atoms with Crippen LogP contribution in [0.15, 0.2) is 46.6 Å². The second-order valence-electron chi connectivity index (χ2n) is 8.80. The highest BCUT2D eigenvalue weighted by molar-refractivity contribution is 9.10. The van der Waals surface area contributed by atoms with Crippen molar-refractivity contribution in [2.24, 2.45) is 5.92 Å². The van der Waals surface area contributed by atoms with Gasteiger partial charge in [-0.1, -0.05) is 41.1 Å². The summed E-state index contributed by atoms with van der Waals surface area (Å²) in [6.45, 7) is 3.65. The van der Waals surface area contributed by atoms with Gasteiger partial charge < -0.3 is 9.80 Å². The van der Waals surface area contributed by atoms with E-state index in [0.29, 0.717) is 24.4 Å². The Bertz CT molecular complexity index is 1030. The molecule has 0 saturated carbocycles. The molecule has 1 fully saturated rings. The van der Waals surface area contributed by atoms with Gasteiger partial charge in [0.15, 0.2) is 0 Å². The number of likely N-dealkylation sites (tertiary alicyclic amines) is 1. The molecule has 0 bridgehead atoms. The molecular formula is C25H28BrN3O2. The Morgan fingerprint density at radius 1 is 1.19 bits per heavy atom. The van der Waals surface area contributed by atoms with Gasteiger partial charge in [0.05, 0.1) is 0 Å². The average molecular weight is 482 g/mol. The van der Waals surface area contributed by atoms with Crippen LogP contribution in [0.2, 0.25) is 0 Å². The van der Waals surface area contributed by atoms with Crippen LogP contribution in [0.25, 0.3) is 6.08 Å². The minimum atomic E-state index is -0.00395. The number of hydrogen-bond donors (Lipinski definition) is 0. The van der Waals surface area contributed by atoms with Gasteiger partial charge in [0, 0.05) is 61.1 Å². The van der Waals surface area contributed by atoms with Crippen molar-refractivity contribution < 1.29 is 9.59 Å². The standard InChI is InChI=1S/C25H28BrN3O2/c1-16-12-23-21(22(26)8-10-27-23)13-20(16)15-29-11-9-19(14-24(29)30)17-4-6-18(7-5-17)25(31)28(2)3/h4-8,10,13,16,19H,9,11-12,14-15H2,1-3H3. The van der Waals surface area contributed by atoms with E-state index in [4.69, 9.17) is 0 Å². The van der Waals surface area contributed by atoms with Gasteiger partial charge in [0.2, 0.25) is 5.91 Å². The molecule has 1 aliphatic carbocycles. The first-order chi connectivity index (χ1) is 14.8. The van der Waals surface area contributed by atoms with Crippen molar-refractivity contribution >= 4 is 33.8 Å². The smallest absolute Gasteiger partial charge is 0.253 e. The molecule has 1 aromatic heterocycles. The predicted molar refractivity (Wildman–Crippen MR) is 126 cm³/mol. The van der Waals surface area contributed by atoms with Crippen LogP contribution in [-0.2, 0) is 11.2 Å². The fourth-order valence-electron chi connectivity index (χ4n) is 4.46. The fraction of sp³-hybridized carbons (Fsp3) is 0.400. The third kappa shape index (κ3) is 4.59. The number of amides is 2. The van der Waals surface area contributed by atoms with Gasteiger partial charge in [0.1, 0.15) is 0 Å². The second-order valence-corrected chi connectivity index (χ2v) is 9.66. The maximum absolute atomic E-state index is 13.0. The number of fused-ring (bicyclic) bond motifs is 1. The van der Waals surface area contributed by atoms with Crippen LogP contribution in [0.4, 0.5) is 0 Å². The molecule has 1 aliphatic heterocycles. The summed E-state index contributed by atoms with van der Waals surface area (Å²) in [6.07, 6.45) is 6.41. The van der Waals surface area contributed by atoms with E-state index >= 15 is 0 Å². The van der Waals surface area contributed by atoms with Gasteiger partial charge in [-0.3, -0.25) is 14.6 Å². The molecule has 31 heavy (non-hydrogen) atoms. The highest BCUT2D eigenvalue weighted by atomic mass is 79.9. The Morgan fingerprint density at radius 2 is 1.94 bits per heavy atom. The number of piperidine rings is 1. The first-order valence-corrected chi connectivity index (χ1v) is 11.6. The largest absolute Gasteiger partial charge is 0.345 e. The molecule has 2 atom stereocenters. The lowest BCUT2D eigenvalue weighted by atomic mass is 9.85. The molecule has 2 aliphatic rings. The highest BCUT2D eigenvalue weighted by Gasteiger charge is 2.29.